The normalized spacial score (nSPS) is 17.8. The molecular formula is C20H40NO+. The molecular weight excluding hydrogens is 270 g/mol. The van der Waals surface area contributed by atoms with Gasteiger partial charge in [-0.3, -0.25) is 4.79 Å². The highest BCUT2D eigenvalue weighted by Crippen LogP contribution is 2.17. The second-order valence-corrected chi connectivity index (χ2v) is 7.72. The Kier molecular flexibility index (Phi) is 10.8. The summed E-state index contributed by atoms with van der Waals surface area (Å²) >= 11 is 0. The van der Waals surface area contributed by atoms with E-state index in [1.54, 1.807) is 0 Å². The van der Waals surface area contributed by atoms with Gasteiger partial charge >= 0.3 is 0 Å². The third-order valence-electron chi connectivity index (χ3n) is 5.41. The van der Waals surface area contributed by atoms with E-state index >= 15 is 0 Å². The third-order valence-corrected chi connectivity index (χ3v) is 5.41. The molecule has 1 aliphatic heterocycles. The van der Waals surface area contributed by atoms with E-state index in [4.69, 9.17) is 0 Å². The van der Waals surface area contributed by atoms with Crippen LogP contribution < -0.4 is 0 Å². The molecule has 0 N–H and O–H groups in total. The van der Waals surface area contributed by atoms with Crippen molar-refractivity contribution in [3.63, 3.8) is 0 Å². The maximum Gasteiger partial charge on any atom is 0.144 e. The first-order valence-electron chi connectivity index (χ1n) is 10.0. The van der Waals surface area contributed by atoms with Crippen LogP contribution in [0.15, 0.2) is 0 Å². The Hall–Kier alpha value is -0.370. The number of piperidine rings is 1. The highest BCUT2D eigenvalue weighted by molar-refractivity contribution is 5.78. The summed E-state index contributed by atoms with van der Waals surface area (Å²) in [5, 5.41) is 0. The first kappa shape index (κ1) is 19.7. The van der Waals surface area contributed by atoms with Crippen molar-refractivity contribution in [3.05, 3.63) is 0 Å². The molecule has 130 valence electrons. The summed E-state index contributed by atoms with van der Waals surface area (Å²) in [4.78, 5) is 11.3. The Labute approximate surface area is 139 Å². The quantitative estimate of drug-likeness (QED) is 0.324. The van der Waals surface area contributed by atoms with E-state index in [0.29, 0.717) is 5.78 Å². The van der Waals surface area contributed by atoms with Crippen LogP contribution in [0.1, 0.15) is 96.8 Å². The SMILES string of the molecule is CCCCCCCCCCCCCC[N+]1(C)CCC(=O)CC1. The van der Waals surface area contributed by atoms with Crippen molar-refractivity contribution in [1.29, 1.82) is 0 Å². The van der Waals surface area contributed by atoms with Gasteiger partial charge in [-0.1, -0.05) is 71.1 Å². The molecule has 0 saturated carbocycles. The lowest BCUT2D eigenvalue weighted by molar-refractivity contribution is -0.911. The van der Waals surface area contributed by atoms with Crippen LogP contribution in [0.4, 0.5) is 0 Å². The van der Waals surface area contributed by atoms with Gasteiger partial charge in [-0.15, -0.1) is 0 Å². The monoisotopic (exact) mass is 310 g/mol. The summed E-state index contributed by atoms with van der Waals surface area (Å²) in [6, 6.07) is 0. The second kappa shape index (κ2) is 12.1. The maximum absolute atomic E-state index is 11.3. The number of quaternary nitrogens is 1. The molecule has 0 aliphatic carbocycles. The maximum atomic E-state index is 11.3. The van der Waals surface area contributed by atoms with Gasteiger partial charge in [0, 0.05) is 0 Å². The molecule has 0 aromatic rings. The first-order chi connectivity index (χ1) is 10.7. The van der Waals surface area contributed by atoms with Crippen LogP contribution in [0, 0.1) is 0 Å². The van der Waals surface area contributed by atoms with Crippen molar-refractivity contribution in [2.75, 3.05) is 26.7 Å². The summed E-state index contributed by atoms with van der Waals surface area (Å²) in [6.45, 7) is 5.73. The molecule has 0 spiro atoms. The molecule has 0 atom stereocenters. The van der Waals surface area contributed by atoms with Crippen molar-refractivity contribution in [2.24, 2.45) is 0 Å². The van der Waals surface area contributed by atoms with E-state index in [-0.39, 0.29) is 0 Å². The molecule has 1 saturated heterocycles. The second-order valence-electron chi connectivity index (χ2n) is 7.72. The highest BCUT2D eigenvalue weighted by atomic mass is 16.1. The number of likely N-dealkylation sites (tertiary alicyclic amines) is 1. The molecule has 0 unspecified atom stereocenters. The van der Waals surface area contributed by atoms with E-state index in [9.17, 15) is 4.79 Å². The molecule has 2 heteroatoms. The summed E-state index contributed by atoms with van der Waals surface area (Å²) in [7, 11) is 2.34. The topological polar surface area (TPSA) is 17.1 Å². The van der Waals surface area contributed by atoms with Crippen LogP contribution >= 0.6 is 0 Å². The van der Waals surface area contributed by atoms with Gasteiger partial charge in [0.05, 0.1) is 39.5 Å². The number of carbonyl (C=O) groups is 1. The molecule has 0 amide bonds. The average molecular weight is 311 g/mol. The molecule has 22 heavy (non-hydrogen) atoms. The lowest BCUT2D eigenvalue weighted by Crippen LogP contribution is -2.50. The summed E-state index contributed by atoms with van der Waals surface area (Å²) in [5.41, 5.74) is 0. The largest absolute Gasteiger partial charge is 0.325 e. The minimum Gasteiger partial charge on any atom is -0.325 e. The molecule has 1 fully saturated rings. The zero-order valence-corrected chi connectivity index (χ0v) is 15.4. The fourth-order valence-electron chi connectivity index (χ4n) is 3.58. The van der Waals surface area contributed by atoms with Gasteiger partial charge in [0.1, 0.15) is 5.78 Å². The van der Waals surface area contributed by atoms with Crippen molar-refractivity contribution in [2.45, 2.75) is 96.8 Å². The Morgan fingerprint density at radius 2 is 1.14 bits per heavy atom. The lowest BCUT2D eigenvalue weighted by atomic mass is 10.0. The fraction of sp³-hybridized carbons (Fsp3) is 0.950. The minimum atomic E-state index is 0.477. The Morgan fingerprint density at radius 1 is 0.727 bits per heavy atom. The Morgan fingerprint density at radius 3 is 1.59 bits per heavy atom. The van der Waals surface area contributed by atoms with E-state index in [2.05, 4.69) is 14.0 Å². The van der Waals surface area contributed by atoms with Crippen molar-refractivity contribution >= 4 is 5.78 Å². The van der Waals surface area contributed by atoms with Gasteiger partial charge in [-0.05, 0) is 12.8 Å². The number of carbonyl (C=O) groups excluding carboxylic acids is 1. The van der Waals surface area contributed by atoms with Gasteiger partial charge in [0.15, 0.2) is 0 Å². The van der Waals surface area contributed by atoms with Gasteiger partial charge in [-0.2, -0.15) is 0 Å². The van der Waals surface area contributed by atoms with Crippen LogP contribution in [-0.2, 0) is 4.79 Å². The number of rotatable bonds is 13. The van der Waals surface area contributed by atoms with Gasteiger partial charge < -0.3 is 4.48 Å². The van der Waals surface area contributed by atoms with E-state index in [1.807, 2.05) is 0 Å². The van der Waals surface area contributed by atoms with Crippen molar-refractivity contribution < 1.29 is 9.28 Å². The van der Waals surface area contributed by atoms with E-state index in [0.717, 1.165) is 30.4 Å². The highest BCUT2D eigenvalue weighted by Gasteiger charge is 2.27. The van der Waals surface area contributed by atoms with Gasteiger partial charge in [-0.25, -0.2) is 0 Å². The standard InChI is InChI=1S/C20H40NO/c1-3-4-5-6-7-8-9-10-11-12-13-14-17-21(2)18-15-20(22)16-19-21/h3-19H2,1-2H3/q+1. The van der Waals surface area contributed by atoms with Gasteiger partial charge in [0.2, 0.25) is 0 Å². The molecule has 1 aliphatic rings. The zero-order chi connectivity index (χ0) is 16.1. The van der Waals surface area contributed by atoms with Crippen LogP contribution in [0.2, 0.25) is 0 Å². The zero-order valence-electron chi connectivity index (χ0n) is 15.4. The van der Waals surface area contributed by atoms with Crippen LogP contribution in [0.25, 0.3) is 0 Å². The van der Waals surface area contributed by atoms with Gasteiger partial charge in [0.25, 0.3) is 0 Å². The number of hydrogen-bond acceptors (Lipinski definition) is 1. The molecule has 2 nitrogen and oxygen atoms in total. The lowest BCUT2D eigenvalue weighted by Gasteiger charge is -2.37. The van der Waals surface area contributed by atoms with Crippen LogP contribution in [0.5, 0.6) is 0 Å². The number of Topliss-reactive ketones (excluding diaryl/α,β-unsaturated/α-hetero) is 1. The average Bonchev–Trinajstić information content (AvgIpc) is 2.52. The number of unbranched alkanes of at least 4 members (excludes halogenated alkanes) is 11. The molecule has 1 rings (SSSR count). The Balaban J connectivity index is 1.83. The predicted molar refractivity (Wildman–Crippen MR) is 96.1 cm³/mol. The summed E-state index contributed by atoms with van der Waals surface area (Å²) in [5.74, 6) is 0.477. The third kappa shape index (κ3) is 9.61. The smallest absolute Gasteiger partial charge is 0.144 e. The van der Waals surface area contributed by atoms with Crippen LogP contribution in [-0.4, -0.2) is 36.9 Å². The number of hydrogen-bond donors (Lipinski definition) is 0. The molecule has 0 aromatic carbocycles. The van der Waals surface area contributed by atoms with E-state index < -0.39 is 0 Å². The van der Waals surface area contributed by atoms with Crippen molar-refractivity contribution in [1.82, 2.24) is 0 Å². The predicted octanol–water partition coefficient (Wildman–Crippen LogP) is 5.50. The Bertz CT molecular complexity index is 277. The summed E-state index contributed by atoms with van der Waals surface area (Å²) < 4.78 is 1.14. The van der Waals surface area contributed by atoms with Crippen LogP contribution in [0.3, 0.4) is 0 Å². The number of ketones is 1. The van der Waals surface area contributed by atoms with Crippen molar-refractivity contribution in [3.8, 4) is 0 Å². The fourth-order valence-corrected chi connectivity index (χ4v) is 3.58. The summed E-state index contributed by atoms with van der Waals surface area (Å²) in [6.07, 6.45) is 18.7. The minimum absolute atomic E-state index is 0.477. The van der Waals surface area contributed by atoms with E-state index in [1.165, 1.54) is 83.6 Å². The molecule has 1 heterocycles. The molecule has 0 aromatic heterocycles. The molecule has 0 radical (unpaired) electrons. The first-order valence-corrected chi connectivity index (χ1v) is 10.0. The molecule has 0 bridgehead atoms. The number of nitrogens with zero attached hydrogens (tertiary/aromatic N) is 1.